The lowest BCUT2D eigenvalue weighted by Gasteiger charge is -2.33. The zero-order valence-corrected chi connectivity index (χ0v) is 24.0. The minimum atomic E-state index is -4.71. The number of hydrogen-bond donors (Lipinski definition) is 0. The molecule has 0 radical (unpaired) electrons. The topological polar surface area (TPSA) is 66.0 Å². The number of rotatable bonds is 9. The number of alkyl halides is 3. The Hall–Kier alpha value is -3.01. The standard InChI is InChI=1S/C29H36ClF3N4O3/c1-5-40-21-8-6-7-19(15-21)25(29(31,32)33)28(39)36(4)17-20-16-23(20)18-11-13-37(14-12-18)24-10-9-22(26(30)34-24)27(38)35(2)3/h6-10,15,18,20,23,25H,5,11-14,16-17H2,1-4H3. The number of ether oxygens (including phenoxy) is 1. The molecule has 1 saturated carbocycles. The van der Waals surface area contributed by atoms with Crippen molar-refractivity contribution in [1.82, 2.24) is 14.8 Å². The maximum atomic E-state index is 14.0. The second-order valence-electron chi connectivity index (χ2n) is 10.9. The van der Waals surface area contributed by atoms with Gasteiger partial charge in [0.05, 0.1) is 12.2 Å². The molecule has 7 nitrogen and oxygen atoms in total. The van der Waals surface area contributed by atoms with Crippen LogP contribution in [0.3, 0.4) is 0 Å². The maximum Gasteiger partial charge on any atom is 0.404 e. The van der Waals surface area contributed by atoms with Gasteiger partial charge in [0.15, 0.2) is 5.92 Å². The van der Waals surface area contributed by atoms with Gasteiger partial charge in [-0.2, -0.15) is 13.2 Å². The van der Waals surface area contributed by atoms with E-state index in [-0.39, 0.29) is 22.5 Å². The number of likely N-dealkylation sites (N-methyl/N-ethyl adjacent to an activating group) is 1. The number of aromatic nitrogens is 1. The van der Waals surface area contributed by atoms with Crippen LogP contribution in [0.15, 0.2) is 36.4 Å². The third-order valence-corrected chi connectivity index (χ3v) is 8.17. The van der Waals surface area contributed by atoms with Crippen LogP contribution in [-0.4, -0.2) is 80.2 Å². The molecule has 1 aliphatic heterocycles. The number of halogens is 4. The van der Waals surface area contributed by atoms with E-state index in [9.17, 15) is 22.8 Å². The molecule has 2 fully saturated rings. The first kappa shape index (κ1) is 30.0. The molecule has 2 heterocycles. The first-order chi connectivity index (χ1) is 18.9. The van der Waals surface area contributed by atoms with E-state index in [1.165, 1.54) is 35.0 Å². The largest absolute Gasteiger partial charge is 0.494 e. The predicted octanol–water partition coefficient (Wildman–Crippen LogP) is 5.49. The van der Waals surface area contributed by atoms with Crippen molar-refractivity contribution < 1.29 is 27.5 Å². The van der Waals surface area contributed by atoms with Crippen molar-refractivity contribution in [3.63, 3.8) is 0 Å². The smallest absolute Gasteiger partial charge is 0.404 e. The Kier molecular flexibility index (Phi) is 9.17. The SMILES string of the molecule is CCOc1cccc(C(C(=O)N(C)CC2CC2C2CCN(c3ccc(C(=O)N(C)C)c(Cl)n3)CC2)C(F)(F)F)c1. The Bertz CT molecular complexity index is 1220. The van der Waals surface area contributed by atoms with Gasteiger partial charge in [0, 0.05) is 40.8 Å². The van der Waals surface area contributed by atoms with Crippen LogP contribution in [0.2, 0.25) is 5.15 Å². The Morgan fingerprint density at radius 2 is 1.85 bits per heavy atom. The fourth-order valence-corrected chi connectivity index (χ4v) is 5.93. The molecule has 4 rings (SSSR count). The van der Waals surface area contributed by atoms with Gasteiger partial charge >= 0.3 is 6.18 Å². The molecule has 1 aromatic heterocycles. The molecular formula is C29H36ClF3N4O3. The Labute approximate surface area is 238 Å². The minimum Gasteiger partial charge on any atom is -0.494 e. The molecule has 0 N–H and O–H groups in total. The molecule has 40 heavy (non-hydrogen) atoms. The summed E-state index contributed by atoms with van der Waals surface area (Å²) < 4.78 is 47.4. The van der Waals surface area contributed by atoms with Gasteiger partial charge in [-0.3, -0.25) is 9.59 Å². The highest BCUT2D eigenvalue weighted by Gasteiger charge is 2.49. The van der Waals surface area contributed by atoms with Crippen LogP contribution < -0.4 is 9.64 Å². The summed E-state index contributed by atoms with van der Waals surface area (Å²) in [7, 11) is 4.78. The highest BCUT2D eigenvalue weighted by atomic mass is 35.5. The lowest BCUT2D eigenvalue weighted by atomic mass is 9.90. The zero-order chi connectivity index (χ0) is 29.2. The summed E-state index contributed by atoms with van der Waals surface area (Å²) >= 11 is 6.29. The van der Waals surface area contributed by atoms with Gasteiger partial charge in [-0.25, -0.2) is 4.98 Å². The molecule has 1 saturated heterocycles. The van der Waals surface area contributed by atoms with E-state index in [2.05, 4.69) is 9.88 Å². The quantitative estimate of drug-likeness (QED) is 0.367. The van der Waals surface area contributed by atoms with Gasteiger partial charge in [0.2, 0.25) is 5.91 Å². The summed E-state index contributed by atoms with van der Waals surface area (Å²) in [6.45, 7) is 3.94. The molecule has 0 spiro atoms. The highest BCUT2D eigenvalue weighted by molar-refractivity contribution is 6.32. The Morgan fingerprint density at radius 3 is 2.45 bits per heavy atom. The summed E-state index contributed by atoms with van der Waals surface area (Å²) in [6, 6.07) is 9.21. The van der Waals surface area contributed by atoms with E-state index in [0.717, 1.165) is 38.2 Å². The molecule has 3 unspecified atom stereocenters. The maximum absolute atomic E-state index is 14.0. The number of carbonyl (C=O) groups is 2. The Morgan fingerprint density at radius 1 is 1.15 bits per heavy atom. The molecule has 0 bridgehead atoms. The highest BCUT2D eigenvalue weighted by Crippen LogP contribution is 2.49. The zero-order valence-electron chi connectivity index (χ0n) is 23.2. The fourth-order valence-electron chi connectivity index (χ4n) is 5.70. The van der Waals surface area contributed by atoms with Gasteiger partial charge in [-0.15, -0.1) is 0 Å². The first-order valence-electron chi connectivity index (χ1n) is 13.6. The molecule has 3 atom stereocenters. The van der Waals surface area contributed by atoms with E-state index >= 15 is 0 Å². The minimum absolute atomic E-state index is 0.108. The van der Waals surface area contributed by atoms with Gasteiger partial charge in [0.25, 0.3) is 5.91 Å². The molecular weight excluding hydrogens is 545 g/mol. The number of hydrogen-bond acceptors (Lipinski definition) is 5. The van der Waals surface area contributed by atoms with E-state index in [4.69, 9.17) is 16.3 Å². The van der Waals surface area contributed by atoms with Crippen LogP contribution in [0, 0.1) is 17.8 Å². The number of amides is 2. The number of piperidine rings is 1. The predicted molar refractivity (Wildman–Crippen MR) is 148 cm³/mol. The fraction of sp³-hybridized carbons (Fsp3) is 0.552. The van der Waals surface area contributed by atoms with Crippen molar-refractivity contribution in [2.24, 2.45) is 17.8 Å². The summed E-state index contributed by atoms with van der Waals surface area (Å²) in [6.07, 6.45) is -1.96. The molecule has 2 aromatic rings. The van der Waals surface area contributed by atoms with Crippen molar-refractivity contribution >= 4 is 29.2 Å². The van der Waals surface area contributed by atoms with Crippen molar-refractivity contribution in [3.8, 4) is 5.75 Å². The Balaban J connectivity index is 1.32. The van der Waals surface area contributed by atoms with E-state index < -0.39 is 18.0 Å². The second-order valence-corrected chi connectivity index (χ2v) is 11.2. The molecule has 1 aliphatic carbocycles. The lowest BCUT2D eigenvalue weighted by Crippen LogP contribution is -2.40. The summed E-state index contributed by atoms with van der Waals surface area (Å²) in [5.74, 6) is -1.31. The average molecular weight is 581 g/mol. The van der Waals surface area contributed by atoms with E-state index in [0.29, 0.717) is 36.3 Å². The van der Waals surface area contributed by atoms with Gasteiger partial charge in [0.1, 0.15) is 16.7 Å². The van der Waals surface area contributed by atoms with Crippen molar-refractivity contribution in [2.45, 2.75) is 38.3 Å². The normalized spacial score (nSPS) is 20.1. The molecule has 11 heteroatoms. The first-order valence-corrected chi connectivity index (χ1v) is 14.0. The lowest BCUT2D eigenvalue weighted by molar-refractivity contribution is -0.171. The number of carbonyl (C=O) groups excluding carboxylic acids is 2. The van der Waals surface area contributed by atoms with Gasteiger partial charge < -0.3 is 19.4 Å². The van der Waals surface area contributed by atoms with Crippen molar-refractivity contribution in [3.05, 3.63) is 52.7 Å². The third kappa shape index (κ3) is 6.82. The summed E-state index contributed by atoms with van der Waals surface area (Å²) in [5.41, 5.74) is 0.252. The van der Waals surface area contributed by atoms with Crippen LogP contribution in [0.4, 0.5) is 19.0 Å². The molecule has 218 valence electrons. The van der Waals surface area contributed by atoms with E-state index in [1.54, 1.807) is 33.2 Å². The van der Waals surface area contributed by atoms with Gasteiger partial charge in [-0.05, 0) is 73.8 Å². The van der Waals surface area contributed by atoms with Crippen LogP contribution >= 0.6 is 11.6 Å². The average Bonchev–Trinajstić information content (AvgIpc) is 3.67. The van der Waals surface area contributed by atoms with Crippen LogP contribution in [0.1, 0.15) is 48.0 Å². The summed E-state index contributed by atoms with van der Waals surface area (Å²) in [4.78, 5) is 34.6. The van der Waals surface area contributed by atoms with Crippen molar-refractivity contribution in [2.75, 3.05) is 52.3 Å². The van der Waals surface area contributed by atoms with Gasteiger partial charge in [-0.1, -0.05) is 23.7 Å². The number of nitrogens with zero attached hydrogens (tertiary/aromatic N) is 4. The monoisotopic (exact) mass is 580 g/mol. The number of anilines is 1. The molecule has 1 aromatic carbocycles. The molecule has 2 amide bonds. The third-order valence-electron chi connectivity index (χ3n) is 7.88. The van der Waals surface area contributed by atoms with E-state index in [1.807, 2.05) is 6.07 Å². The number of pyridine rings is 1. The number of benzene rings is 1. The van der Waals surface area contributed by atoms with Crippen LogP contribution in [0.25, 0.3) is 0 Å². The molecule has 2 aliphatic rings. The second kappa shape index (κ2) is 12.2. The van der Waals surface area contributed by atoms with Crippen LogP contribution in [-0.2, 0) is 4.79 Å². The summed E-state index contributed by atoms with van der Waals surface area (Å²) in [5, 5.41) is 0.176. The van der Waals surface area contributed by atoms with Crippen molar-refractivity contribution in [1.29, 1.82) is 0 Å². The van der Waals surface area contributed by atoms with Crippen LogP contribution in [0.5, 0.6) is 5.75 Å².